The number of carbonyl (C=O) groups is 2. The summed E-state index contributed by atoms with van der Waals surface area (Å²) in [5.74, 6) is -0.309. The molecule has 1 aromatic carbocycles. The second-order valence-corrected chi connectivity index (χ2v) is 6.62. The summed E-state index contributed by atoms with van der Waals surface area (Å²) in [7, 11) is 0. The standard InChI is InChI=1S/C19H20O4S/c1-3-22-13-9-7-12(8-10-13)15-16(17(15)19(21)23-4-2)18(20)14-6-5-11-24-14/h5-11,15-17H,3-4H2,1-2H3. The summed E-state index contributed by atoms with van der Waals surface area (Å²) in [6, 6.07) is 11.3. The van der Waals surface area contributed by atoms with E-state index in [9.17, 15) is 9.59 Å². The highest BCUT2D eigenvalue weighted by atomic mass is 32.1. The van der Waals surface area contributed by atoms with Gasteiger partial charge in [0.2, 0.25) is 0 Å². The number of hydrogen-bond acceptors (Lipinski definition) is 5. The van der Waals surface area contributed by atoms with Crippen LogP contribution in [0.1, 0.15) is 35.0 Å². The summed E-state index contributed by atoms with van der Waals surface area (Å²) < 4.78 is 10.6. The summed E-state index contributed by atoms with van der Waals surface area (Å²) in [4.78, 5) is 25.7. The zero-order valence-corrected chi connectivity index (χ0v) is 14.5. The summed E-state index contributed by atoms with van der Waals surface area (Å²) >= 11 is 1.41. The number of esters is 1. The Morgan fingerprint density at radius 1 is 1.04 bits per heavy atom. The molecule has 1 saturated carbocycles. The molecule has 1 fully saturated rings. The Hall–Kier alpha value is -2.14. The summed E-state index contributed by atoms with van der Waals surface area (Å²) in [6.07, 6.45) is 0. The SMILES string of the molecule is CCOC(=O)C1C(C(=O)c2cccs2)C1c1ccc(OCC)cc1. The second kappa shape index (κ2) is 7.18. The van der Waals surface area contributed by atoms with Crippen molar-refractivity contribution in [1.29, 1.82) is 0 Å². The smallest absolute Gasteiger partial charge is 0.310 e. The molecule has 5 heteroatoms. The van der Waals surface area contributed by atoms with Crippen molar-refractivity contribution in [3.05, 3.63) is 52.2 Å². The molecule has 0 spiro atoms. The normalized spacial score (nSPS) is 22.0. The van der Waals surface area contributed by atoms with Gasteiger partial charge in [0.25, 0.3) is 0 Å². The van der Waals surface area contributed by atoms with Crippen molar-refractivity contribution >= 4 is 23.1 Å². The minimum Gasteiger partial charge on any atom is -0.494 e. The lowest BCUT2D eigenvalue weighted by Crippen LogP contribution is -2.11. The van der Waals surface area contributed by atoms with E-state index in [0.29, 0.717) is 18.1 Å². The van der Waals surface area contributed by atoms with Crippen molar-refractivity contribution < 1.29 is 19.1 Å². The molecule has 1 aliphatic carbocycles. The minimum absolute atomic E-state index is 0.0296. The van der Waals surface area contributed by atoms with E-state index in [4.69, 9.17) is 9.47 Å². The van der Waals surface area contributed by atoms with E-state index in [2.05, 4.69) is 0 Å². The van der Waals surface area contributed by atoms with Crippen molar-refractivity contribution in [3.63, 3.8) is 0 Å². The van der Waals surface area contributed by atoms with Gasteiger partial charge in [-0.1, -0.05) is 18.2 Å². The van der Waals surface area contributed by atoms with Gasteiger partial charge in [-0.3, -0.25) is 9.59 Å². The average Bonchev–Trinajstić information content (AvgIpc) is 3.08. The van der Waals surface area contributed by atoms with Gasteiger partial charge in [-0.25, -0.2) is 0 Å². The molecule has 0 saturated heterocycles. The van der Waals surface area contributed by atoms with Crippen LogP contribution < -0.4 is 4.74 Å². The molecule has 24 heavy (non-hydrogen) atoms. The third-order valence-corrected chi connectivity index (χ3v) is 5.11. The van der Waals surface area contributed by atoms with Crippen molar-refractivity contribution in [2.24, 2.45) is 11.8 Å². The first-order valence-corrected chi connectivity index (χ1v) is 9.02. The van der Waals surface area contributed by atoms with Crippen LogP contribution in [-0.4, -0.2) is 25.0 Å². The van der Waals surface area contributed by atoms with Crippen LogP contribution in [0.2, 0.25) is 0 Å². The number of hydrogen-bond donors (Lipinski definition) is 0. The van der Waals surface area contributed by atoms with Crippen LogP contribution in [0, 0.1) is 11.8 Å². The molecular weight excluding hydrogens is 324 g/mol. The van der Waals surface area contributed by atoms with Crippen molar-refractivity contribution in [2.75, 3.05) is 13.2 Å². The van der Waals surface area contributed by atoms with E-state index in [0.717, 1.165) is 11.3 Å². The number of rotatable bonds is 7. The predicted molar refractivity (Wildman–Crippen MR) is 92.6 cm³/mol. The molecule has 126 valence electrons. The highest BCUT2D eigenvalue weighted by Crippen LogP contribution is 2.56. The summed E-state index contributed by atoms with van der Waals surface area (Å²) in [5, 5.41) is 1.88. The topological polar surface area (TPSA) is 52.6 Å². The van der Waals surface area contributed by atoms with Crippen LogP contribution in [0.4, 0.5) is 0 Å². The van der Waals surface area contributed by atoms with Crippen LogP contribution in [0.3, 0.4) is 0 Å². The van der Waals surface area contributed by atoms with Crippen LogP contribution in [0.25, 0.3) is 0 Å². The van der Waals surface area contributed by atoms with Crippen molar-refractivity contribution in [1.82, 2.24) is 0 Å². The number of ether oxygens (including phenoxy) is 2. The van der Waals surface area contributed by atoms with Gasteiger partial charge in [0.05, 0.1) is 24.0 Å². The molecule has 3 atom stereocenters. The summed E-state index contributed by atoms with van der Waals surface area (Å²) in [6.45, 7) is 4.64. The number of benzene rings is 1. The van der Waals surface area contributed by atoms with E-state index < -0.39 is 5.92 Å². The Morgan fingerprint density at radius 2 is 1.79 bits per heavy atom. The van der Waals surface area contributed by atoms with Gasteiger partial charge >= 0.3 is 5.97 Å². The van der Waals surface area contributed by atoms with Crippen molar-refractivity contribution in [2.45, 2.75) is 19.8 Å². The monoisotopic (exact) mass is 344 g/mol. The number of carbonyl (C=O) groups excluding carboxylic acids is 2. The minimum atomic E-state index is -0.391. The molecule has 1 heterocycles. The fraction of sp³-hybridized carbons (Fsp3) is 0.368. The Balaban J connectivity index is 1.83. The van der Waals surface area contributed by atoms with Gasteiger partial charge < -0.3 is 9.47 Å². The fourth-order valence-electron chi connectivity index (χ4n) is 3.12. The first-order valence-electron chi connectivity index (χ1n) is 8.14. The summed E-state index contributed by atoms with van der Waals surface area (Å²) in [5.41, 5.74) is 0.978. The lowest BCUT2D eigenvalue weighted by atomic mass is 10.1. The Bertz CT molecular complexity index is 705. The maximum Gasteiger partial charge on any atom is 0.310 e. The average molecular weight is 344 g/mol. The molecule has 0 bridgehead atoms. The highest BCUT2D eigenvalue weighted by Gasteiger charge is 2.60. The molecule has 1 aromatic heterocycles. The fourth-order valence-corrected chi connectivity index (χ4v) is 3.83. The molecule has 2 aromatic rings. The maximum absolute atomic E-state index is 12.7. The molecule has 0 N–H and O–H groups in total. The van der Waals surface area contributed by atoms with Crippen LogP contribution in [0.15, 0.2) is 41.8 Å². The quantitative estimate of drug-likeness (QED) is 0.564. The third kappa shape index (κ3) is 3.22. The zero-order valence-electron chi connectivity index (χ0n) is 13.7. The molecule has 0 radical (unpaired) electrons. The van der Waals surface area contributed by atoms with E-state index in [-0.39, 0.29) is 23.6 Å². The van der Waals surface area contributed by atoms with Gasteiger partial charge in [-0.05, 0) is 43.0 Å². The van der Waals surface area contributed by atoms with Crippen LogP contribution in [-0.2, 0) is 9.53 Å². The molecule has 4 nitrogen and oxygen atoms in total. The molecule has 3 rings (SSSR count). The number of Topliss-reactive ketones (excluding diaryl/α,β-unsaturated/α-hetero) is 1. The van der Waals surface area contributed by atoms with Crippen LogP contribution >= 0.6 is 11.3 Å². The first-order chi connectivity index (χ1) is 11.7. The van der Waals surface area contributed by atoms with Gasteiger partial charge in [-0.15, -0.1) is 11.3 Å². The Labute approximate surface area is 145 Å². The van der Waals surface area contributed by atoms with Gasteiger partial charge in [0.1, 0.15) is 5.75 Å². The molecular formula is C19H20O4S. The van der Waals surface area contributed by atoms with Crippen molar-refractivity contribution in [3.8, 4) is 5.75 Å². The van der Waals surface area contributed by atoms with Gasteiger partial charge in [-0.2, -0.15) is 0 Å². The molecule has 1 aliphatic rings. The largest absolute Gasteiger partial charge is 0.494 e. The molecule has 0 aliphatic heterocycles. The van der Waals surface area contributed by atoms with E-state index in [1.165, 1.54) is 11.3 Å². The molecule has 3 unspecified atom stereocenters. The zero-order chi connectivity index (χ0) is 17.1. The Kier molecular flexibility index (Phi) is 5.00. The maximum atomic E-state index is 12.7. The van der Waals surface area contributed by atoms with Crippen LogP contribution in [0.5, 0.6) is 5.75 Å². The van der Waals surface area contributed by atoms with Gasteiger partial charge in [0.15, 0.2) is 5.78 Å². The van der Waals surface area contributed by atoms with E-state index >= 15 is 0 Å². The predicted octanol–water partition coefficient (Wildman–Crippen LogP) is 3.92. The molecule has 0 amide bonds. The third-order valence-electron chi connectivity index (χ3n) is 4.22. The van der Waals surface area contributed by atoms with Gasteiger partial charge in [0, 0.05) is 11.8 Å². The first kappa shape index (κ1) is 16.7. The van der Waals surface area contributed by atoms with E-state index in [1.807, 2.05) is 48.7 Å². The lowest BCUT2D eigenvalue weighted by Gasteiger charge is -2.05. The number of thiophene rings is 1. The highest BCUT2D eigenvalue weighted by molar-refractivity contribution is 7.12. The second-order valence-electron chi connectivity index (χ2n) is 5.67. The van der Waals surface area contributed by atoms with E-state index in [1.54, 1.807) is 6.92 Å². The lowest BCUT2D eigenvalue weighted by molar-refractivity contribution is -0.145. The Morgan fingerprint density at radius 3 is 2.38 bits per heavy atom. The number of ketones is 1.